The van der Waals surface area contributed by atoms with E-state index in [1.807, 2.05) is 48.5 Å². The highest BCUT2D eigenvalue weighted by Crippen LogP contribution is 2.26. The van der Waals surface area contributed by atoms with Gasteiger partial charge in [0.2, 0.25) is 0 Å². The molecule has 0 radical (unpaired) electrons. The number of aryl methyl sites for hydroxylation is 1. The summed E-state index contributed by atoms with van der Waals surface area (Å²) in [6.45, 7) is 1.79. The van der Waals surface area contributed by atoms with Gasteiger partial charge >= 0.3 is 0 Å². The summed E-state index contributed by atoms with van der Waals surface area (Å²) in [7, 11) is 0. The van der Waals surface area contributed by atoms with Crippen molar-refractivity contribution < 1.29 is 4.79 Å². The number of benzene rings is 2. The SMILES string of the molecule is Cc1nc(-c2ccccc2)nc(SCC(=O)c2ccccc2)c1C#N. The molecule has 0 aliphatic rings. The second-order valence-electron chi connectivity index (χ2n) is 5.37. The van der Waals surface area contributed by atoms with Crippen molar-refractivity contribution in [3.05, 3.63) is 77.5 Å². The molecule has 1 aromatic heterocycles. The number of ketones is 1. The molecule has 25 heavy (non-hydrogen) atoms. The molecule has 0 unspecified atom stereocenters. The maximum atomic E-state index is 12.3. The van der Waals surface area contributed by atoms with E-state index in [2.05, 4.69) is 16.0 Å². The first kappa shape index (κ1) is 16.9. The van der Waals surface area contributed by atoms with Crippen molar-refractivity contribution in [2.24, 2.45) is 0 Å². The van der Waals surface area contributed by atoms with Gasteiger partial charge in [-0.3, -0.25) is 4.79 Å². The van der Waals surface area contributed by atoms with Gasteiger partial charge in [0, 0.05) is 11.1 Å². The summed E-state index contributed by atoms with van der Waals surface area (Å²) in [5.74, 6) is 0.794. The third-order valence-electron chi connectivity index (χ3n) is 3.64. The van der Waals surface area contributed by atoms with Gasteiger partial charge in [-0.1, -0.05) is 72.4 Å². The Labute approximate surface area is 150 Å². The van der Waals surface area contributed by atoms with Crippen molar-refractivity contribution in [2.75, 3.05) is 5.75 Å². The molecular formula is C20H15N3OS. The van der Waals surface area contributed by atoms with Crippen LogP contribution in [0.2, 0.25) is 0 Å². The predicted octanol–water partition coefficient (Wildman–Crippen LogP) is 4.30. The van der Waals surface area contributed by atoms with Crippen molar-refractivity contribution in [1.29, 1.82) is 5.26 Å². The highest BCUT2D eigenvalue weighted by atomic mass is 32.2. The second-order valence-corrected chi connectivity index (χ2v) is 6.33. The standard InChI is InChI=1S/C20H15N3OS/c1-14-17(12-21)20(23-19(22-14)16-10-6-3-7-11-16)25-13-18(24)15-8-4-2-5-9-15/h2-11H,13H2,1H3. The Morgan fingerprint density at radius 1 is 1.04 bits per heavy atom. The average molecular weight is 345 g/mol. The van der Waals surface area contributed by atoms with Gasteiger partial charge in [-0.05, 0) is 6.92 Å². The monoisotopic (exact) mass is 345 g/mol. The van der Waals surface area contributed by atoms with Crippen LogP contribution in [0.5, 0.6) is 0 Å². The molecule has 4 nitrogen and oxygen atoms in total. The zero-order valence-corrected chi connectivity index (χ0v) is 14.5. The Bertz CT molecular complexity index is 934. The number of carbonyl (C=O) groups excluding carboxylic acids is 1. The van der Waals surface area contributed by atoms with Crippen molar-refractivity contribution in [1.82, 2.24) is 9.97 Å². The van der Waals surface area contributed by atoms with Crippen LogP contribution in [0.3, 0.4) is 0 Å². The number of nitriles is 1. The van der Waals surface area contributed by atoms with Crippen molar-refractivity contribution >= 4 is 17.5 Å². The molecule has 0 aliphatic carbocycles. The van der Waals surface area contributed by atoms with Gasteiger partial charge in [-0.25, -0.2) is 9.97 Å². The molecule has 0 fully saturated rings. The normalized spacial score (nSPS) is 10.2. The first-order valence-electron chi connectivity index (χ1n) is 7.74. The Morgan fingerprint density at radius 3 is 2.32 bits per heavy atom. The number of hydrogen-bond acceptors (Lipinski definition) is 5. The molecule has 0 amide bonds. The minimum absolute atomic E-state index is 0.00650. The number of thioether (sulfide) groups is 1. The zero-order valence-electron chi connectivity index (χ0n) is 13.6. The summed E-state index contributed by atoms with van der Waals surface area (Å²) in [6, 6.07) is 20.9. The van der Waals surface area contributed by atoms with E-state index >= 15 is 0 Å². The van der Waals surface area contributed by atoms with Crippen molar-refractivity contribution in [3.8, 4) is 17.5 Å². The quantitative estimate of drug-likeness (QED) is 0.392. The van der Waals surface area contributed by atoms with Crippen LogP contribution in [0.1, 0.15) is 21.6 Å². The van der Waals surface area contributed by atoms with E-state index in [0.29, 0.717) is 27.7 Å². The van der Waals surface area contributed by atoms with Crippen molar-refractivity contribution in [2.45, 2.75) is 11.9 Å². The molecule has 2 aromatic carbocycles. The van der Waals surface area contributed by atoms with Crippen LogP contribution in [0.15, 0.2) is 65.7 Å². The van der Waals surface area contributed by atoms with Gasteiger partial charge in [0.25, 0.3) is 0 Å². The van der Waals surface area contributed by atoms with Gasteiger partial charge in [-0.15, -0.1) is 0 Å². The number of nitrogens with zero attached hydrogens (tertiary/aromatic N) is 3. The third-order valence-corrected chi connectivity index (χ3v) is 4.61. The van der Waals surface area contributed by atoms with Crippen LogP contribution in [-0.2, 0) is 0 Å². The van der Waals surface area contributed by atoms with Gasteiger partial charge in [0.05, 0.1) is 11.4 Å². The third kappa shape index (κ3) is 3.93. The van der Waals surface area contributed by atoms with Crippen LogP contribution < -0.4 is 0 Å². The predicted molar refractivity (Wildman–Crippen MR) is 98.4 cm³/mol. The fourth-order valence-electron chi connectivity index (χ4n) is 2.34. The number of aromatic nitrogens is 2. The molecular weight excluding hydrogens is 330 g/mol. The molecule has 0 saturated carbocycles. The van der Waals surface area contributed by atoms with Gasteiger partial charge in [-0.2, -0.15) is 5.26 Å². The molecule has 0 spiro atoms. The summed E-state index contributed by atoms with van der Waals surface area (Å²) < 4.78 is 0. The first-order chi connectivity index (χ1) is 12.2. The van der Waals surface area contributed by atoms with E-state index in [1.54, 1.807) is 19.1 Å². The maximum absolute atomic E-state index is 12.3. The van der Waals surface area contributed by atoms with Crippen LogP contribution in [-0.4, -0.2) is 21.5 Å². The molecule has 122 valence electrons. The van der Waals surface area contributed by atoms with E-state index in [9.17, 15) is 10.1 Å². The topological polar surface area (TPSA) is 66.6 Å². The van der Waals surface area contributed by atoms with Gasteiger partial charge in [0.15, 0.2) is 11.6 Å². The van der Waals surface area contributed by atoms with Crippen LogP contribution in [0, 0.1) is 18.3 Å². The van der Waals surface area contributed by atoms with Gasteiger partial charge < -0.3 is 0 Å². The Morgan fingerprint density at radius 2 is 1.68 bits per heavy atom. The summed E-state index contributed by atoms with van der Waals surface area (Å²) in [5.41, 5.74) is 2.57. The van der Waals surface area contributed by atoms with E-state index < -0.39 is 0 Å². The number of carbonyl (C=O) groups is 1. The zero-order chi connectivity index (χ0) is 17.6. The molecule has 1 heterocycles. The smallest absolute Gasteiger partial charge is 0.173 e. The molecule has 5 heteroatoms. The largest absolute Gasteiger partial charge is 0.293 e. The summed E-state index contributed by atoms with van der Waals surface area (Å²) in [5, 5.41) is 9.95. The average Bonchev–Trinajstić information content (AvgIpc) is 2.67. The Balaban J connectivity index is 1.88. The van der Waals surface area contributed by atoms with E-state index in [-0.39, 0.29) is 11.5 Å². The lowest BCUT2D eigenvalue weighted by molar-refractivity contribution is 0.102. The maximum Gasteiger partial charge on any atom is 0.173 e. The fourth-order valence-corrected chi connectivity index (χ4v) is 3.26. The lowest BCUT2D eigenvalue weighted by Crippen LogP contribution is -2.05. The molecule has 0 atom stereocenters. The molecule has 0 aliphatic heterocycles. The minimum atomic E-state index is 0.00650. The van der Waals surface area contributed by atoms with E-state index in [4.69, 9.17) is 0 Å². The number of rotatable bonds is 5. The molecule has 0 saturated heterocycles. The minimum Gasteiger partial charge on any atom is -0.293 e. The fraction of sp³-hybridized carbons (Fsp3) is 0.100. The number of Topliss-reactive ketones (excluding diaryl/α,β-unsaturated/α-hetero) is 1. The Kier molecular flexibility index (Phi) is 5.22. The summed E-state index contributed by atoms with van der Waals surface area (Å²) >= 11 is 1.27. The first-order valence-corrected chi connectivity index (χ1v) is 8.73. The highest BCUT2D eigenvalue weighted by molar-refractivity contribution is 8.00. The molecule has 3 aromatic rings. The second kappa shape index (κ2) is 7.73. The number of hydrogen-bond donors (Lipinski definition) is 0. The summed E-state index contributed by atoms with van der Waals surface area (Å²) in [4.78, 5) is 21.3. The molecule has 0 bridgehead atoms. The van der Waals surface area contributed by atoms with Crippen LogP contribution in [0.4, 0.5) is 0 Å². The van der Waals surface area contributed by atoms with E-state index in [0.717, 1.165) is 5.56 Å². The van der Waals surface area contributed by atoms with E-state index in [1.165, 1.54) is 11.8 Å². The Hall–Kier alpha value is -2.97. The van der Waals surface area contributed by atoms with Crippen LogP contribution in [0.25, 0.3) is 11.4 Å². The van der Waals surface area contributed by atoms with Crippen molar-refractivity contribution in [3.63, 3.8) is 0 Å². The highest BCUT2D eigenvalue weighted by Gasteiger charge is 2.15. The lowest BCUT2D eigenvalue weighted by atomic mass is 10.2. The van der Waals surface area contributed by atoms with Gasteiger partial charge in [0.1, 0.15) is 16.7 Å². The molecule has 3 rings (SSSR count). The summed E-state index contributed by atoms with van der Waals surface area (Å²) in [6.07, 6.45) is 0. The lowest BCUT2D eigenvalue weighted by Gasteiger charge is -2.08. The molecule has 0 N–H and O–H groups in total. The van der Waals surface area contributed by atoms with Crippen LogP contribution >= 0.6 is 11.8 Å².